The van der Waals surface area contributed by atoms with Gasteiger partial charge in [0, 0.05) is 78.9 Å². The lowest BCUT2D eigenvalue weighted by atomic mass is 9.88. The zero-order valence-electron chi connectivity index (χ0n) is 42.9. The largest absolute Gasteiger partial charge is 1.00 e. The number of hydrogen-bond acceptors (Lipinski definition) is 5. The van der Waals surface area contributed by atoms with Crippen LogP contribution in [0.2, 0.25) is 0 Å². The molecule has 0 bridgehead atoms. The van der Waals surface area contributed by atoms with E-state index in [-0.39, 0.29) is 56.4 Å². The molecular formula is C57H81Br3N4OS3. The van der Waals surface area contributed by atoms with E-state index in [2.05, 4.69) is 137 Å². The van der Waals surface area contributed by atoms with Crippen molar-refractivity contribution < 1.29 is 69.4 Å². The maximum absolute atomic E-state index is 8.87. The average molecular weight is 1170 g/mol. The second kappa shape index (κ2) is 34.6. The van der Waals surface area contributed by atoms with Crippen LogP contribution < -0.4 is 69.4 Å². The van der Waals surface area contributed by atoms with Crippen LogP contribution in [-0.4, -0.2) is 7.11 Å². The van der Waals surface area contributed by atoms with Crippen LogP contribution in [0, 0.1) is 52.9 Å². The fourth-order valence-electron chi connectivity index (χ4n) is 8.25. The third-order valence-electron chi connectivity index (χ3n) is 12.1. The summed E-state index contributed by atoms with van der Waals surface area (Å²) < 4.78 is 11.8. The molecule has 0 atom stereocenters. The summed E-state index contributed by atoms with van der Waals surface area (Å²) in [6.07, 6.45) is 31.8. The maximum atomic E-state index is 8.87. The van der Waals surface area contributed by atoms with Crippen LogP contribution in [-0.2, 0) is 44.3 Å². The number of pyridine rings is 3. The van der Waals surface area contributed by atoms with E-state index in [0.717, 1.165) is 30.9 Å². The first kappa shape index (κ1) is 63.3. The predicted octanol–water partition coefficient (Wildman–Crippen LogP) is 5.56. The molecule has 5 nitrogen and oxygen atoms in total. The van der Waals surface area contributed by atoms with Crippen molar-refractivity contribution in [3.8, 4) is 11.8 Å². The first-order valence-electron chi connectivity index (χ1n) is 24.3. The van der Waals surface area contributed by atoms with Gasteiger partial charge in [-0.3, -0.25) is 0 Å². The zero-order chi connectivity index (χ0) is 47.0. The van der Waals surface area contributed by atoms with Gasteiger partial charge in [0.1, 0.15) is 37.0 Å². The molecule has 0 aromatic carbocycles. The summed E-state index contributed by atoms with van der Waals surface area (Å²) in [6.45, 7) is 23.4. The van der Waals surface area contributed by atoms with Gasteiger partial charge < -0.3 is 55.7 Å². The smallest absolute Gasteiger partial charge is 0.186 e. The van der Waals surface area contributed by atoms with Crippen LogP contribution in [0.3, 0.4) is 0 Å². The van der Waals surface area contributed by atoms with Crippen LogP contribution in [0.25, 0.3) is 0 Å². The van der Waals surface area contributed by atoms with E-state index in [1.165, 1.54) is 137 Å². The summed E-state index contributed by atoms with van der Waals surface area (Å²) in [6, 6.07) is 21.6. The highest BCUT2D eigenvalue weighted by molar-refractivity contribution is 7.12. The summed E-state index contributed by atoms with van der Waals surface area (Å²) in [5.74, 6) is 0.924. The summed E-state index contributed by atoms with van der Waals surface area (Å²) in [5.41, 5.74) is 7.06. The van der Waals surface area contributed by atoms with Gasteiger partial charge in [0.2, 0.25) is 0 Å². The Balaban J connectivity index is 0.000000500. The molecule has 0 fully saturated rings. The number of aromatic nitrogens is 3. The number of nitrogens with zero attached hydrogens (tertiary/aromatic N) is 4. The molecule has 6 rings (SSSR count). The van der Waals surface area contributed by atoms with E-state index >= 15 is 0 Å². The predicted molar refractivity (Wildman–Crippen MR) is 278 cm³/mol. The monoisotopic (exact) mass is 1170 g/mol. The van der Waals surface area contributed by atoms with Gasteiger partial charge in [-0.05, 0) is 151 Å². The highest BCUT2D eigenvalue weighted by Gasteiger charge is 2.15. The van der Waals surface area contributed by atoms with E-state index in [1.54, 1.807) is 18.2 Å². The number of methoxy groups -OCH3 is 1. The van der Waals surface area contributed by atoms with E-state index in [0.29, 0.717) is 0 Å². The lowest BCUT2D eigenvalue weighted by Gasteiger charge is -2.17. The third kappa shape index (κ3) is 24.4. The lowest BCUT2D eigenvalue weighted by molar-refractivity contribution is -0.697. The zero-order valence-corrected chi connectivity index (χ0v) is 50.2. The highest BCUT2D eigenvalue weighted by atomic mass is 79.9. The van der Waals surface area contributed by atoms with Gasteiger partial charge in [-0.2, -0.15) is 5.26 Å². The van der Waals surface area contributed by atoms with Crippen LogP contribution >= 0.6 is 34.0 Å². The third-order valence-corrected chi connectivity index (χ3v) is 15.1. The second-order valence-corrected chi connectivity index (χ2v) is 23.2. The standard InChI is InChI=1S/C21H32NS.C18H23N2S.C18H26NOS.3BrH/c1-17-16-19(18(2)23-17)10-8-6-7-9-13-22-14-11-20(12-15-22)21(3,4)5;1-15-12-18(16(2)21-15)9-5-3-4-6-10-20-11-7-8-17(13-19)14-20;1-15-14-17(16(2)21-15)8-6-4-5-7-11-19-12-9-18(20-3)10-13-19;;;/h11-12,14-16H,6-10,13H2,1-5H3;7-8,11-12,14H,3-6,9-10H2,1-2H3;9-10,12-14H,4-8,11H2,1-3H3;3*1H/q3*+1;;;/p-3. The summed E-state index contributed by atoms with van der Waals surface area (Å²) >= 11 is 5.77. The molecule has 0 saturated carbocycles. The van der Waals surface area contributed by atoms with Crippen molar-refractivity contribution in [2.24, 2.45) is 0 Å². The first-order chi connectivity index (χ1) is 31.2. The second-order valence-electron chi connectivity index (χ2n) is 18.8. The number of rotatable bonds is 22. The molecule has 6 aromatic rings. The topological polar surface area (TPSA) is 44.7 Å². The molecule has 0 aliphatic heterocycles. The summed E-state index contributed by atoms with van der Waals surface area (Å²) in [7, 11) is 1.70. The fraction of sp³-hybridized carbons (Fsp3) is 0.509. The Morgan fingerprint density at radius 3 is 1.21 bits per heavy atom. The SMILES string of the molecule is COc1cc[n+](CCCCCCc2cc(C)sc2C)cc1.Cc1cc(CCCCCC[n+]2ccc(C(C)(C)C)cc2)c(C)s1.Cc1cc(CCCCCC[n+]2cccc(C#N)c2)c(C)s1.[Br-].[Br-].[Br-]. The molecule has 0 aliphatic carbocycles. The van der Waals surface area contributed by atoms with Gasteiger partial charge in [-0.1, -0.05) is 40.0 Å². The molecular weight excluding hydrogens is 1090 g/mol. The Labute approximate surface area is 456 Å². The number of halogens is 3. The van der Waals surface area contributed by atoms with Crippen LogP contribution in [0.4, 0.5) is 0 Å². The number of nitriles is 1. The van der Waals surface area contributed by atoms with Gasteiger partial charge in [-0.15, -0.1) is 34.0 Å². The van der Waals surface area contributed by atoms with Crippen molar-refractivity contribution in [3.05, 3.63) is 149 Å². The van der Waals surface area contributed by atoms with E-state index in [4.69, 9.17) is 10.00 Å². The summed E-state index contributed by atoms with van der Waals surface area (Å²) in [5, 5.41) is 8.87. The van der Waals surface area contributed by atoms with Crippen molar-refractivity contribution >= 4 is 34.0 Å². The average Bonchev–Trinajstić information content (AvgIpc) is 3.92. The van der Waals surface area contributed by atoms with Crippen molar-refractivity contribution in [1.29, 1.82) is 5.26 Å². The Morgan fingerprint density at radius 1 is 0.500 bits per heavy atom. The van der Waals surface area contributed by atoms with Crippen LogP contribution in [0.5, 0.6) is 5.75 Å². The van der Waals surface area contributed by atoms with Crippen LogP contribution in [0.15, 0.2) is 91.8 Å². The molecule has 0 saturated heterocycles. The molecule has 68 heavy (non-hydrogen) atoms. The molecule has 0 spiro atoms. The fourth-order valence-corrected chi connectivity index (χ4v) is 11.2. The molecule has 0 unspecified atom stereocenters. The lowest BCUT2D eigenvalue weighted by Crippen LogP contribution is -3.00. The Hall–Kier alpha value is -2.72. The number of ether oxygens (including phenoxy) is 1. The molecule has 11 heteroatoms. The van der Waals surface area contributed by atoms with E-state index in [1.807, 2.05) is 70.7 Å². The quantitative estimate of drug-likeness (QED) is 0.0662. The Kier molecular flexibility index (Phi) is 32.2. The molecule has 6 aromatic heterocycles. The van der Waals surface area contributed by atoms with Gasteiger partial charge in [0.25, 0.3) is 0 Å². The Morgan fingerprint density at radius 2 is 0.868 bits per heavy atom. The minimum Gasteiger partial charge on any atom is -1.00 e. The van der Waals surface area contributed by atoms with Gasteiger partial charge in [0.05, 0.1) is 7.11 Å². The number of thiophene rings is 3. The minimum absolute atomic E-state index is 0. The first-order valence-corrected chi connectivity index (χ1v) is 26.8. The number of aryl methyl sites for hydroxylation is 12. The van der Waals surface area contributed by atoms with Crippen molar-refractivity contribution in [2.75, 3.05) is 7.11 Å². The molecule has 0 aliphatic rings. The Bertz CT molecular complexity index is 2300. The number of unbranched alkanes of at least 4 members (excludes halogenated alkanes) is 9. The van der Waals surface area contributed by atoms with E-state index in [9.17, 15) is 0 Å². The van der Waals surface area contributed by atoms with Crippen LogP contribution in [0.1, 0.15) is 155 Å². The van der Waals surface area contributed by atoms with Gasteiger partial charge in [-0.25, -0.2) is 13.7 Å². The minimum atomic E-state index is 0. The number of hydrogen-bond donors (Lipinski definition) is 0. The molecule has 0 radical (unpaired) electrons. The van der Waals surface area contributed by atoms with Gasteiger partial charge >= 0.3 is 0 Å². The molecule has 0 amide bonds. The van der Waals surface area contributed by atoms with Crippen molar-refractivity contribution in [3.63, 3.8) is 0 Å². The molecule has 374 valence electrons. The van der Waals surface area contributed by atoms with Crippen molar-refractivity contribution in [2.45, 2.75) is 184 Å². The normalized spacial score (nSPS) is 10.6. The van der Waals surface area contributed by atoms with E-state index < -0.39 is 0 Å². The summed E-state index contributed by atoms with van der Waals surface area (Å²) in [4.78, 5) is 8.82. The molecule has 6 heterocycles. The maximum Gasteiger partial charge on any atom is 0.186 e. The van der Waals surface area contributed by atoms with Crippen molar-refractivity contribution in [1.82, 2.24) is 0 Å². The van der Waals surface area contributed by atoms with Gasteiger partial charge in [0.15, 0.2) is 37.2 Å². The molecule has 0 N–H and O–H groups in total. The highest BCUT2D eigenvalue weighted by Crippen LogP contribution is 2.25.